The van der Waals surface area contributed by atoms with Gasteiger partial charge in [-0.1, -0.05) is 72.8 Å². The zero-order chi connectivity index (χ0) is 15.1. The van der Waals surface area contributed by atoms with Crippen LogP contribution in [0.15, 0.2) is 66.7 Å². The van der Waals surface area contributed by atoms with Gasteiger partial charge in [0.15, 0.2) is 5.78 Å². The molecule has 0 aliphatic carbocycles. The van der Waals surface area contributed by atoms with Crippen LogP contribution in [0.5, 0.6) is 0 Å². The molecule has 0 amide bonds. The molecule has 106 valence electrons. The molecule has 0 bridgehead atoms. The van der Waals surface area contributed by atoms with Crippen LogP contribution in [0.3, 0.4) is 0 Å². The third kappa shape index (κ3) is 4.25. The van der Waals surface area contributed by atoms with Crippen molar-refractivity contribution in [2.45, 2.75) is 13.3 Å². The van der Waals surface area contributed by atoms with Gasteiger partial charge >= 0.3 is 0 Å². The lowest BCUT2D eigenvalue weighted by atomic mass is 9.91. The number of ketones is 2. The van der Waals surface area contributed by atoms with Gasteiger partial charge in [-0.2, -0.15) is 0 Å². The second kappa shape index (κ2) is 7.34. The monoisotopic (exact) mass is 278 g/mol. The first kappa shape index (κ1) is 14.9. The predicted molar refractivity (Wildman–Crippen MR) is 85.0 cm³/mol. The lowest BCUT2D eigenvalue weighted by Gasteiger charge is -2.10. The van der Waals surface area contributed by atoms with E-state index in [0.717, 1.165) is 5.56 Å². The number of benzene rings is 2. The van der Waals surface area contributed by atoms with E-state index in [1.807, 2.05) is 60.7 Å². The summed E-state index contributed by atoms with van der Waals surface area (Å²) >= 11 is 0. The molecule has 0 saturated carbocycles. The Kier molecular flexibility index (Phi) is 5.22. The second-order valence-corrected chi connectivity index (χ2v) is 4.94. The van der Waals surface area contributed by atoms with E-state index in [4.69, 9.17) is 0 Å². The Labute approximate surface area is 125 Å². The highest BCUT2D eigenvalue weighted by molar-refractivity contribution is 6.10. The first-order valence-electron chi connectivity index (χ1n) is 7.00. The molecule has 0 aromatic heterocycles. The van der Waals surface area contributed by atoms with Gasteiger partial charge in [0.05, 0.1) is 5.92 Å². The number of Topliss-reactive ketones (excluding diaryl/α,β-unsaturated/α-hetero) is 2. The van der Waals surface area contributed by atoms with Crippen molar-refractivity contribution in [3.05, 3.63) is 77.9 Å². The Morgan fingerprint density at radius 3 is 2.10 bits per heavy atom. The molecular weight excluding hydrogens is 260 g/mol. The minimum atomic E-state index is -0.604. The van der Waals surface area contributed by atoms with Crippen molar-refractivity contribution in [2.75, 3.05) is 0 Å². The fourth-order valence-electron chi connectivity index (χ4n) is 2.17. The summed E-state index contributed by atoms with van der Waals surface area (Å²) in [5.74, 6) is -0.810. The Balaban J connectivity index is 2.08. The van der Waals surface area contributed by atoms with Crippen LogP contribution in [0.4, 0.5) is 0 Å². The number of allylic oxidation sites excluding steroid dienone is 1. The minimum absolute atomic E-state index is 0.0958. The summed E-state index contributed by atoms with van der Waals surface area (Å²) in [6.45, 7) is 1.47. The SMILES string of the molecule is CC(=O)C(C/C=C/c1ccccc1)C(=O)c1ccccc1. The molecule has 21 heavy (non-hydrogen) atoms. The number of hydrogen-bond donors (Lipinski definition) is 0. The van der Waals surface area contributed by atoms with Gasteiger partial charge in [-0.05, 0) is 18.9 Å². The van der Waals surface area contributed by atoms with Gasteiger partial charge in [-0.15, -0.1) is 0 Å². The number of hydrogen-bond acceptors (Lipinski definition) is 2. The normalized spacial score (nSPS) is 12.2. The topological polar surface area (TPSA) is 34.1 Å². The Morgan fingerprint density at radius 1 is 0.952 bits per heavy atom. The van der Waals surface area contributed by atoms with Crippen LogP contribution >= 0.6 is 0 Å². The van der Waals surface area contributed by atoms with Crippen LogP contribution in [-0.4, -0.2) is 11.6 Å². The minimum Gasteiger partial charge on any atom is -0.299 e. The van der Waals surface area contributed by atoms with E-state index in [9.17, 15) is 9.59 Å². The summed E-state index contributed by atoms with van der Waals surface area (Å²) in [7, 11) is 0. The van der Waals surface area contributed by atoms with Crippen molar-refractivity contribution in [3.63, 3.8) is 0 Å². The molecule has 2 aromatic rings. The van der Waals surface area contributed by atoms with E-state index < -0.39 is 5.92 Å². The third-order valence-electron chi connectivity index (χ3n) is 3.35. The molecule has 1 atom stereocenters. The highest BCUT2D eigenvalue weighted by Crippen LogP contribution is 2.15. The van der Waals surface area contributed by atoms with Crippen molar-refractivity contribution in [3.8, 4) is 0 Å². The predicted octanol–water partition coefficient (Wildman–Crippen LogP) is 4.18. The summed E-state index contributed by atoms with van der Waals surface area (Å²) in [6, 6.07) is 18.8. The molecular formula is C19H18O2. The largest absolute Gasteiger partial charge is 0.299 e. The van der Waals surface area contributed by atoms with Crippen molar-refractivity contribution < 1.29 is 9.59 Å². The maximum atomic E-state index is 12.4. The average molecular weight is 278 g/mol. The second-order valence-electron chi connectivity index (χ2n) is 4.94. The van der Waals surface area contributed by atoms with Gasteiger partial charge in [0.25, 0.3) is 0 Å². The summed E-state index contributed by atoms with van der Waals surface area (Å²) in [4.78, 5) is 24.1. The first-order chi connectivity index (χ1) is 10.2. The van der Waals surface area contributed by atoms with Gasteiger partial charge < -0.3 is 0 Å². The molecule has 0 spiro atoms. The van der Waals surface area contributed by atoms with Crippen molar-refractivity contribution in [1.29, 1.82) is 0 Å². The van der Waals surface area contributed by atoms with Gasteiger partial charge in [0.1, 0.15) is 5.78 Å². The summed E-state index contributed by atoms with van der Waals surface area (Å²) in [6.07, 6.45) is 4.26. The van der Waals surface area contributed by atoms with E-state index in [2.05, 4.69) is 0 Å². The molecule has 2 heteroatoms. The quantitative estimate of drug-likeness (QED) is 0.587. The Bertz CT molecular complexity index is 627. The van der Waals surface area contributed by atoms with E-state index in [1.165, 1.54) is 6.92 Å². The molecule has 2 nitrogen and oxygen atoms in total. The molecule has 0 heterocycles. The maximum Gasteiger partial charge on any atom is 0.173 e. The van der Waals surface area contributed by atoms with Crippen LogP contribution in [0.2, 0.25) is 0 Å². The van der Waals surface area contributed by atoms with Gasteiger partial charge in [-0.3, -0.25) is 9.59 Å². The average Bonchev–Trinajstić information content (AvgIpc) is 2.52. The van der Waals surface area contributed by atoms with Gasteiger partial charge in [0, 0.05) is 5.56 Å². The standard InChI is InChI=1S/C19H18O2/c1-15(20)18(19(21)17-12-6-3-7-13-17)14-8-11-16-9-4-2-5-10-16/h2-13,18H,14H2,1H3/b11-8+. The zero-order valence-electron chi connectivity index (χ0n) is 12.0. The molecule has 0 fully saturated rings. The highest BCUT2D eigenvalue weighted by atomic mass is 16.1. The van der Waals surface area contributed by atoms with Crippen LogP contribution in [0.25, 0.3) is 6.08 Å². The fraction of sp³-hybridized carbons (Fsp3) is 0.158. The van der Waals surface area contributed by atoms with Crippen LogP contribution in [-0.2, 0) is 4.79 Å². The number of rotatable bonds is 6. The molecule has 2 rings (SSSR count). The van der Waals surface area contributed by atoms with Crippen molar-refractivity contribution >= 4 is 17.6 Å². The molecule has 0 aliphatic heterocycles. The molecule has 1 unspecified atom stereocenters. The van der Waals surface area contributed by atoms with E-state index >= 15 is 0 Å². The third-order valence-corrected chi connectivity index (χ3v) is 3.35. The lowest BCUT2D eigenvalue weighted by molar-refractivity contribution is -0.119. The van der Waals surface area contributed by atoms with Crippen LogP contribution in [0, 0.1) is 5.92 Å². The number of carbonyl (C=O) groups is 2. The van der Waals surface area contributed by atoms with E-state index in [-0.39, 0.29) is 11.6 Å². The van der Waals surface area contributed by atoms with Crippen molar-refractivity contribution in [1.82, 2.24) is 0 Å². The summed E-state index contributed by atoms with van der Waals surface area (Å²) < 4.78 is 0. The smallest absolute Gasteiger partial charge is 0.173 e. The van der Waals surface area contributed by atoms with Crippen molar-refractivity contribution in [2.24, 2.45) is 5.92 Å². The molecule has 0 aliphatic rings. The molecule has 0 saturated heterocycles. The first-order valence-corrected chi connectivity index (χ1v) is 7.00. The van der Waals surface area contributed by atoms with E-state index in [0.29, 0.717) is 12.0 Å². The highest BCUT2D eigenvalue weighted by Gasteiger charge is 2.22. The molecule has 0 radical (unpaired) electrons. The van der Waals surface area contributed by atoms with Gasteiger partial charge in [0.2, 0.25) is 0 Å². The zero-order valence-corrected chi connectivity index (χ0v) is 12.0. The fourth-order valence-corrected chi connectivity index (χ4v) is 2.17. The van der Waals surface area contributed by atoms with E-state index in [1.54, 1.807) is 12.1 Å². The van der Waals surface area contributed by atoms with Gasteiger partial charge in [-0.25, -0.2) is 0 Å². The Morgan fingerprint density at radius 2 is 1.52 bits per heavy atom. The summed E-state index contributed by atoms with van der Waals surface area (Å²) in [5, 5.41) is 0. The maximum absolute atomic E-state index is 12.4. The van der Waals surface area contributed by atoms with Crippen LogP contribution < -0.4 is 0 Å². The van der Waals surface area contributed by atoms with Crippen LogP contribution in [0.1, 0.15) is 29.3 Å². The molecule has 0 N–H and O–H groups in total. The summed E-state index contributed by atoms with van der Waals surface area (Å²) in [5.41, 5.74) is 1.65. The lowest BCUT2D eigenvalue weighted by Crippen LogP contribution is -2.21. The Hall–Kier alpha value is -2.48. The number of carbonyl (C=O) groups excluding carboxylic acids is 2. The molecule has 2 aromatic carbocycles.